The van der Waals surface area contributed by atoms with E-state index in [1.54, 1.807) is 88.4 Å². The van der Waals surface area contributed by atoms with Crippen molar-refractivity contribution in [3.05, 3.63) is 96.1 Å². The van der Waals surface area contributed by atoms with Crippen molar-refractivity contribution in [3.8, 4) is 0 Å². The number of carboxylic acids is 4. The Morgan fingerprint density at radius 1 is 0.472 bits per heavy atom. The molecule has 0 spiro atoms. The predicted octanol–water partition coefficient (Wildman–Crippen LogP) is -2.45. The number of aliphatic hydroxyl groups excluding tert-OH is 1. The van der Waals surface area contributed by atoms with E-state index in [0.717, 1.165) is 10.5 Å². The van der Waals surface area contributed by atoms with Crippen molar-refractivity contribution in [2.24, 2.45) is 17.6 Å². The van der Waals surface area contributed by atoms with E-state index in [0.29, 0.717) is 24.8 Å². The highest BCUT2D eigenvalue weighted by Crippen LogP contribution is 2.26. The summed E-state index contributed by atoms with van der Waals surface area (Å²) in [5, 5.41) is 86.6. The van der Waals surface area contributed by atoms with Crippen LogP contribution in [0.3, 0.4) is 0 Å². The summed E-state index contributed by atoms with van der Waals surface area (Å²) < 4.78 is 0. The van der Waals surface area contributed by atoms with E-state index < -0.39 is 242 Å². The van der Waals surface area contributed by atoms with Crippen LogP contribution >= 0.6 is 0 Å². The number of carbonyl (C=O) groups excluding carboxylic acids is 15. The Balaban J connectivity index is 1.12. The number of benzene rings is 2. The highest BCUT2D eigenvalue weighted by atomic mass is 16.4. The summed E-state index contributed by atoms with van der Waals surface area (Å²) in [6.45, 7) is 7.29. The van der Waals surface area contributed by atoms with Gasteiger partial charge in [0.1, 0.15) is 66.5 Å². The Morgan fingerprint density at radius 3 is 1.42 bits per heavy atom. The molecule has 0 aliphatic carbocycles. The molecule has 13 atom stereocenters. The second-order valence-corrected chi connectivity index (χ2v) is 30.7. The number of carboxylic acid groups (broad SMARTS) is 4. The first-order valence-electron chi connectivity index (χ1n) is 41.0. The van der Waals surface area contributed by atoms with Crippen LogP contribution in [0, 0.1) is 17.2 Å². The first-order valence-corrected chi connectivity index (χ1v) is 41.0. The number of aliphatic hydroxyl groups is 1. The lowest BCUT2D eigenvalue weighted by Crippen LogP contribution is -2.60. The number of hydrogen-bond acceptors (Lipinski definition) is 21. The minimum absolute atomic E-state index is 0.0221. The molecule has 2 aromatic carbocycles. The van der Waals surface area contributed by atoms with Crippen molar-refractivity contribution in [2.75, 3.05) is 45.9 Å². The van der Waals surface area contributed by atoms with Crippen LogP contribution in [0.25, 0.3) is 0 Å². The lowest BCUT2D eigenvalue weighted by atomic mass is 9.96. The second kappa shape index (κ2) is 51.8. The predicted molar refractivity (Wildman–Crippen MR) is 439 cm³/mol. The number of rotatable bonds is 52. The molecule has 0 saturated carbocycles. The zero-order valence-corrected chi connectivity index (χ0v) is 69.7. The van der Waals surface area contributed by atoms with Crippen molar-refractivity contribution >= 4 is 118 Å². The van der Waals surface area contributed by atoms with E-state index in [2.05, 4.69) is 63.8 Å². The average Bonchev–Trinajstić information content (AvgIpc) is 1.70. The number of nitrogens with two attached hydrogens (primary N) is 1. The van der Waals surface area contributed by atoms with Crippen LogP contribution in [0.5, 0.6) is 0 Å². The van der Waals surface area contributed by atoms with Crippen LogP contribution in [0.2, 0.25) is 0 Å². The van der Waals surface area contributed by atoms with Gasteiger partial charge in [-0.15, -0.1) is 0 Å². The molecule has 2 aromatic rings. The van der Waals surface area contributed by atoms with Crippen LogP contribution < -0.4 is 69.5 Å². The molecule has 0 bridgehead atoms. The smallest absolute Gasteiger partial charge is 0.326 e. The Kier molecular flexibility index (Phi) is 42.5. The summed E-state index contributed by atoms with van der Waals surface area (Å²) in [4.78, 5) is 257. The Morgan fingerprint density at radius 2 is 0.935 bits per heavy atom. The number of aliphatic carboxylic acids is 4. The molecule has 3 aliphatic heterocycles. The zero-order valence-electron chi connectivity index (χ0n) is 69.7. The SMILES string of the molecule is CC[C@H](C)[C@H](NC(=O)[C@@H]1CCCN1C(=O)[C@H](CCC(=O)O)NC(=O)[C@H](Cc1ccccc1)NC(=O)[C@H](CC(=O)O)NC(=O)C/C=C/CNC(=O)C/C=C/CNC(=O)[C@H](CO)NC(=O)[C@H](CC(=O)O)NC(=O)CCC(=O)[C@H](CCCNC(=N)N)NC(=O)[C@@H]1CCCN1C(=O)[C@@H](Cc1ccccc1)NC(C)=O)C(=O)N1CCC[C@H]1C(=O)N[C@@H](CC(C)C)C(=O)O. The lowest BCUT2D eigenvalue weighted by molar-refractivity contribution is -0.146. The second-order valence-electron chi connectivity index (χ2n) is 30.7. The van der Waals surface area contributed by atoms with Crippen LogP contribution in [-0.2, 0) is 104 Å². The Bertz CT molecular complexity index is 4130. The number of ketones is 1. The number of nitrogens with one attached hydrogen (secondary N) is 13. The van der Waals surface area contributed by atoms with Gasteiger partial charge in [0.25, 0.3) is 0 Å². The summed E-state index contributed by atoms with van der Waals surface area (Å²) in [7, 11) is 0. The van der Waals surface area contributed by atoms with Gasteiger partial charge in [-0.3, -0.25) is 91.7 Å². The molecule has 3 heterocycles. The van der Waals surface area contributed by atoms with Gasteiger partial charge >= 0.3 is 23.9 Å². The number of hydrogen-bond donors (Lipinski definition) is 19. The molecule has 3 saturated heterocycles. The van der Waals surface area contributed by atoms with Crippen LogP contribution in [0.15, 0.2) is 85.0 Å². The number of carbonyl (C=O) groups is 19. The molecule has 20 N–H and O–H groups in total. The fraction of sp³-hybridized carbons (Fsp3) is 0.561. The maximum absolute atomic E-state index is 14.7. The van der Waals surface area contributed by atoms with Gasteiger partial charge < -0.3 is 110 Å². The topological polar surface area (TPSA) is 629 Å². The van der Waals surface area contributed by atoms with Crippen molar-refractivity contribution in [3.63, 3.8) is 0 Å². The average molecular weight is 1720 g/mol. The molecule has 0 radical (unpaired) electrons. The molecular formula is C82H117N17O24. The third-order valence-electron chi connectivity index (χ3n) is 20.7. The Hall–Kier alpha value is -12.7. The van der Waals surface area contributed by atoms with Crippen molar-refractivity contribution in [1.82, 2.24) is 78.5 Å². The van der Waals surface area contributed by atoms with E-state index >= 15 is 0 Å². The van der Waals surface area contributed by atoms with Gasteiger partial charge in [-0.2, -0.15) is 0 Å². The highest BCUT2D eigenvalue weighted by molar-refractivity contribution is 6.01. The summed E-state index contributed by atoms with van der Waals surface area (Å²) in [6.07, 6.45) is 2.42. The minimum atomic E-state index is -1.84. The zero-order chi connectivity index (χ0) is 91.0. The third kappa shape index (κ3) is 34.7. The number of likely N-dealkylation sites (tertiary alicyclic amines) is 3. The standard InChI is InChI=1S/C82H117N17O24/c1-6-48(4)70(80(121)99-40-20-27-61(99)76(117)94-58(81(122)123)41-47(2)3)96-77(118)62-28-19-38-97(62)78(119)53(31-34-67(106)107)92-72(113)54(42-50-21-9-7-10-22-50)93-73(114)55(44-68(108)109)89-65(104)30-14-15-35-85-64(103)29-13-16-36-86-71(112)59(46-100)95-74(115)56(45-69(110)111)90-66(105)33-32-63(102)52(25-17-37-87-82(83)84)91-75(116)60-26-18-39-98(60)79(120)57(88-49(5)101)43-51-23-11-8-12-24-51/h7-16,21-24,47-48,52-62,70,100H,6,17-20,25-46H2,1-5H3,(H,85,103)(H,86,112)(H,88,101)(H,89,104)(H,90,105)(H,91,116)(H,92,113)(H,93,114)(H,94,117)(H,95,115)(H,96,118)(H,106,107)(H,108,109)(H,110,111)(H,122,123)(H4,83,84,87)/b15-14+,16-13+/t48-,52-,53-,54-,55-,56-,57+,58-,59-,60-,61-,62-,70-/m0/s1. The summed E-state index contributed by atoms with van der Waals surface area (Å²) in [6, 6.07) is 0.424. The van der Waals surface area contributed by atoms with E-state index in [1.807, 2.05) is 0 Å². The highest BCUT2D eigenvalue weighted by Gasteiger charge is 2.45. The van der Waals surface area contributed by atoms with Gasteiger partial charge in [0.15, 0.2) is 11.7 Å². The monoisotopic (exact) mass is 1720 g/mol. The fourth-order valence-electron chi connectivity index (χ4n) is 14.2. The molecule has 3 fully saturated rings. The molecular weight excluding hydrogens is 1610 g/mol. The number of amides is 14. The number of guanidine groups is 1. The lowest BCUT2D eigenvalue weighted by Gasteiger charge is -2.34. The van der Waals surface area contributed by atoms with E-state index in [4.69, 9.17) is 11.1 Å². The van der Waals surface area contributed by atoms with Gasteiger partial charge in [0.05, 0.1) is 25.5 Å². The van der Waals surface area contributed by atoms with Crippen molar-refractivity contribution < 1.29 is 117 Å². The molecule has 5 rings (SSSR count). The quantitative estimate of drug-likeness (QED) is 0.0141. The van der Waals surface area contributed by atoms with Crippen molar-refractivity contribution in [1.29, 1.82) is 5.41 Å². The van der Waals surface area contributed by atoms with Gasteiger partial charge in [-0.1, -0.05) is 119 Å². The van der Waals surface area contributed by atoms with Gasteiger partial charge in [0.2, 0.25) is 82.7 Å². The normalized spacial score (nSPS) is 17.4. The van der Waals surface area contributed by atoms with Crippen LogP contribution in [0.1, 0.15) is 161 Å². The summed E-state index contributed by atoms with van der Waals surface area (Å²) >= 11 is 0. The maximum Gasteiger partial charge on any atom is 0.326 e. The fourth-order valence-corrected chi connectivity index (χ4v) is 14.2. The molecule has 123 heavy (non-hydrogen) atoms. The number of Topliss-reactive ketones (excluding diaryl/α,β-unsaturated/α-hetero) is 1. The van der Waals surface area contributed by atoms with E-state index in [-0.39, 0.29) is 115 Å². The molecule has 3 aliphatic rings. The molecule has 0 unspecified atom stereocenters. The van der Waals surface area contributed by atoms with Gasteiger partial charge in [-0.05, 0) is 87.2 Å². The maximum atomic E-state index is 14.7. The van der Waals surface area contributed by atoms with Crippen molar-refractivity contribution in [2.45, 2.75) is 236 Å². The molecule has 41 nitrogen and oxygen atoms in total. The molecule has 674 valence electrons. The molecule has 41 heteroatoms. The van der Waals surface area contributed by atoms with Gasteiger partial charge in [0, 0.05) is 91.1 Å². The third-order valence-corrected chi connectivity index (χ3v) is 20.7. The minimum Gasteiger partial charge on any atom is -0.481 e. The summed E-state index contributed by atoms with van der Waals surface area (Å²) in [5.74, 6) is -18.7. The first-order chi connectivity index (χ1) is 58.4. The van der Waals surface area contributed by atoms with Crippen LogP contribution in [-0.4, -0.2) is 277 Å². The van der Waals surface area contributed by atoms with Crippen LogP contribution in [0.4, 0.5) is 0 Å². The number of nitrogens with zero attached hydrogens (tertiary/aromatic N) is 3. The van der Waals surface area contributed by atoms with Gasteiger partial charge in [-0.25, -0.2) is 4.79 Å². The van der Waals surface area contributed by atoms with E-state index in [1.165, 1.54) is 41.0 Å². The Labute approximate surface area is 711 Å². The summed E-state index contributed by atoms with van der Waals surface area (Å²) in [5.41, 5.74) is 6.62. The molecule has 14 amide bonds. The largest absolute Gasteiger partial charge is 0.481 e. The molecule has 0 aromatic heterocycles. The van der Waals surface area contributed by atoms with E-state index in [9.17, 15) is 117 Å². The first kappa shape index (κ1) is 101.